The second kappa shape index (κ2) is 7.49. The molecule has 2 amide bonds. The van der Waals surface area contributed by atoms with Crippen molar-refractivity contribution in [3.8, 4) is 5.75 Å². The molecule has 0 radical (unpaired) electrons. The van der Waals surface area contributed by atoms with Crippen LogP contribution in [0.15, 0.2) is 24.3 Å². The smallest absolute Gasteiger partial charge is 0.315 e. The molecule has 5 nitrogen and oxygen atoms in total. The Hall–Kier alpha value is -1.75. The van der Waals surface area contributed by atoms with Crippen LogP contribution in [0.3, 0.4) is 0 Å². The summed E-state index contributed by atoms with van der Waals surface area (Å²) in [5.74, 6) is 0.845. The maximum atomic E-state index is 12.1. The van der Waals surface area contributed by atoms with E-state index in [1.54, 1.807) is 7.11 Å². The molecule has 1 aliphatic heterocycles. The number of urea groups is 1. The molecule has 0 aromatic heterocycles. The monoisotopic (exact) mass is 306 g/mol. The first kappa shape index (κ1) is 16.6. The van der Waals surface area contributed by atoms with E-state index in [0.29, 0.717) is 13.0 Å². The Morgan fingerprint density at radius 1 is 1.41 bits per heavy atom. The molecule has 1 aromatic carbocycles. The molecule has 0 bridgehead atoms. The minimum Gasteiger partial charge on any atom is -0.496 e. The summed E-state index contributed by atoms with van der Waals surface area (Å²) >= 11 is 0. The molecular weight excluding hydrogens is 280 g/mol. The molecular formula is C17H26N2O3. The third-order valence-electron chi connectivity index (χ3n) is 3.79. The Balaban J connectivity index is 1.85. The number of nitrogens with one attached hydrogen (secondary N) is 2. The number of methoxy groups -OCH3 is 1. The first-order valence-corrected chi connectivity index (χ1v) is 7.80. The van der Waals surface area contributed by atoms with Gasteiger partial charge in [-0.25, -0.2) is 4.79 Å². The molecule has 2 N–H and O–H groups in total. The van der Waals surface area contributed by atoms with Crippen molar-refractivity contribution in [3.05, 3.63) is 29.8 Å². The fourth-order valence-electron chi connectivity index (χ4n) is 2.73. The largest absolute Gasteiger partial charge is 0.496 e. The highest BCUT2D eigenvalue weighted by atomic mass is 16.5. The van der Waals surface area contributed by atoms with Crippen LogP contribution in [-0.4, -0.2) is 37.9 Å². The van der Waals surface area contributed by atoms with Gasteiger partial charge in [-0.1, -0.05) is 18.2 Å². The van der Waals surface area contributed by atoms with Gasteiger partial charge >= 0.3 is 6.03 Å². The maximum Gasteiger partial charge on any atom is 0.315 e. The van der Waals surface area contributed by atoms with Gasteiger partial charge in [0.25, 0.3) is 0 Å². The highest BCUT2D eigenvalue weighted by Crippen LogP contribution is 2.22. The zero-order chi connectivity index (χ0) is 16.0. The Morgan fingerprint density at radius 3 is 2.86 bits per heavy atom. The van der Waals surface area contributed by atoms with Crippen molar-refractivity contribution < 1.29 is 14.3 Å². The molecule has 1 aliphatic rings. The zero-order valence-electron chi connectivity index (χ0n) is 13.6. The first-order chi connectivity index (χ1) is 10.5. The summed E-state index contributed by atoms with van der Waals surface area (Å²) in [6, 6.07) is 7.72. The Morgan fingerprint density at radius 2 is 2.18 bits per heavy atom. The fourth-order valence-corrected chi connectivity index (χ4v) is 2.73. The number of para-hydroxylation sites is 1. The average molecular weight is 306 g/mol. The molecule has 1 aromatic rings. The number of rotatable bonds is 6. The van der Waals surface area contributed by atoms with Crippen LogP contribution in [0.25, 0.3) is 0 Å². The number of hydrogen-bond acceptors (Lipinski definition) is 3. The van der Waals surface area contributed by atoms with Crippen LogP contribution in [0, 0.1) is 0 Å². The van der Waals surface area contributed by atoms with Crippen LogP contribution in [0.2, 0.25) is 0 Å². The number of carbonyl (C=O) groups is 1. The second-order valence-corrected chi connectivity index (χ2v) is 6.34. The quantitative estimate of drug-likeness (QED) is 0.849. The zero-order valence-corrected chi connectivity index (χ0v) is 13.6. The summed E-state index contributed by atoms with van der Waals surface area (Å²) in [5, 5.41) is 5.91. The molecule has 1 fully saturated rings. The molecule has 1 saturated heterocycles. The van der Waals surface area contributed by atoms with Gasteiger partial charge in [-0.15, -0.1) is 0 Å². The van der Waals surface area contributed by atoms with Crippen LogP contribution in [0.1, 0.15) is 32.3 Å². The third kappa shape index (κ3) is 4.91. The maximum absolute atomic E-state index is 12.1. The Kier molecular flexibility index (Phi) is 5.66. The van der Waals surface area contributed by atoms with Crippen molar-refractivity contribution in [1.29, 1.82) is 0 Å². The summed E-state index contributed by atoms with van der Waals surface area (Å²) in [5.41, 5.74) is 0.712. The van der Waals surface area contributed by atoms with Gasteiger partial charge in [-0.3, -0.25) is 0 Å². The van der Waals surface area contributed by atoms with Crippen LogP contribution < -0.4 is 15.4 Å². The van der Waals surface area contributed by atoms with Crippen molar-refractivity contribution in [3.63, 3.8) is 0 Å². The van der Waals surface area contributed by atoms with Crippen LogP contribution in [0.4, 0.5) is 4.79 Å². The molecule has 0 aliphatic carbocycles. The highest BCUT2D eigenvalue weighted by molar-refractivity contribution is 5.74. The molecule has 1 atom stereocenters. The van der Waals surface area contributed by atoms with Crippen LogP contribution in [0.5, 0.6) is 5.75 Å². The number of carbonyl (C=O) groups excluding carboxylic acids is 1. The van der Waals surface area contributed by atoms with Crippen molar-refractivity contribution in [2.24, 2.45) is 0 Å². The topological polar surface area (TPSA) is 59.6 Å². The average Bonchev–Trinajstić information content (AvgIpc) is 2.98. The first-order valence-electron chi connectivity index (χ1n) is 7.80. The summed E-state index contributed by atoms with van der Waals surface area (Å²) in [6.07, 6.45) is 2.95. The molecule has 2 rings (SSSR count). The number of amides is 2. The summed E-state index contributed by atoms with van der Waals surface area (Å²) in [6.45, 7) is 5.38. The lowest BCUT2D eigenvalue weighted by molar-refractivity contribution is 0.111. The second-order valence-electron chi connectivity index (χ2n) is 6.34. The summed E-state index contributed by atoms with van der Waals surface area (Å²) in [7, 11) is 1.66. The number of ether oxygens (including phenoxy) is 2. The van der Waals surface area contributed by atoms with E-state index in [2.05, 4.69) is 10.6 Å². The van der Waals surface area contributed by atoms with Crippen molar-refractivity contribution in [2.75, 3.05) is 20.3 Å². The van der Waals surface area contributed by atoms with E-state index in [0.717, 1.165) is 30.8 Å². The van der Waals surface area contributed by atoms with Gasteiger partial charge in [0.05, 0.1) is 13.2 Å². The van der Waals surface area contributed by atoms with Gasteiger partial charge in [0, 0.05) is 18.7 Å². The lowest BCUT2D eigenvalue weighted by atomic mass is 9.94. The van der Waals surface area contributed by atoms with Gasteiger partial charge in [0.1, 0.15) is 5.75 Å². The summed E-state index contributed by atoms with van der Waals surface area (Å²) < 4.78 is 10.9. The van der Waals surface area contributed by atoms with Gasteiger partial charge in [-0.05, 0) is 44.7 Å². The fraction of sp³-hybridized carbons (Fsp3) is 0.588. The molecule has 122 valence electrons. The third-order valence-corrected chi connectivity index (χ3v) is 3.79. The number of benzene rings is 1. The van der Waals surface area contributed by atoms with E-state index >= 15 is 0 Å². The molecule has 1 unspecified atom stereocenters. The Labute approximate surface area is 132 Å². The normalized spacial score (nSPS) is 18.0. The summed E-state index contributed by atoms with van der Waals surface area (Å²) in [4.78, 5) is 12.1. The number of hydrogen-bond donors (Lipinski definition) is 2. The lowest BCUT2D eigenvalue weighted by Gasteiger charge is -2.27. The Bertz CT molecular complexity index is 496. The predicted molar refractivity (Wildman–Crippen MR) is 86.3 cm³/mol. The van der Waals surface area contributed by atoms with Crippen molar-refractivity contribution >= 4 is 6.03 Å². The van der Waals surface area contributed by atoms with E-state index < -0.39 is 0 Å². The highest BCUT2D eigenvalue weighted by Gasteiger charge is 2.23. The van der Waals surface area contributed by atoms with E-state index in [9.17, 15) is 4.79 Å². The SMILES string of the molecule is COc1ccccc1CC(C)(C)NC(=O)NCC1CCCO1. The van der Waals surface area contributed by atoms with E-state index in [-0.39, 0.29) is 17.7 Å². The van der Waals surface area contributed by atoms with E-state index in [4.69, 9.17) is 9.47 Å². The van der Waals surface area contributed by atoms with Crippen LogP contribution in [-0.2, 0) is 11.2 Å². The van der Waals surface area contributed by atoms with Crippen LogP contribution >= 0.6 is 0 Å². The van der Waals surface area contributed by atoms with E-state index in [1.807, 2.05) is 38.1 Å². The minimum atomic E-state index is -0.366. The molecule has 5 heteroatoms. The minimum absolute atomic E-state index is 0.156. The van der Waals surface area contributed by atoms with Gasteiger partial charge in [0.15, 0.2) is 0 Å². The van der Waals surface area contributed by atoms with Gasteiger partial charge in [0.2, 0.25) is 0 Å². The van der Waals surface area contributed by atoms with Crippen molar-refractivity contribution in [2.45, 2.75) is 44.8 Å². The lowest BCUT2D eigenvalue weighted by Crippen LogP contribution is -2.50. The van der Waals surface area contributed by atoms with Crippen molar-refractivity contribution in [1.82, 2.24) is 10.6 Å². The molecule has 1 heterocycles. The molecule has 22 heavy (non-hydrogen) atoms. The predicted octanol–water partition coefficient (Wildman–Crippen LogP) is 2.49. The standard InChI is InChI=1S/C17H26N2O3/c1-17(2,11-13-7-4-5-9-15(13)21-3)19-16(20)18-12-14-8-6-10-22-14/h4-5,7,9,14H,6,8,10-12H2,1-3H3,(H2,18,19,20). The van der Waals surface area contributed by atoms with Gasteiger partial charge in [-0.2, -0.15) is 0 Å². The molecule has 0 spiro atoms. The molecule has 0 saturated carbocycles. The van der Waals surface area contributed by atoms with E-state index in [1.165, 1.54) is 0 Å². The van der Waals surface area contributed by atoms with Gasteiger partial charge < -0.3 is 20.1 Å².